The second-order valence-electron chi connectivity index (χ2n) is 6.13. The zero-order valence-electron chi connectivity index (χ0n) is 11.9. The van der Waals surface area contributed by atoms with Crippen LogP contribution in [0, 0.1) is 5.82 Å². The summed E-state index contributed by atoms with van der Waals surface area (Å²) in [6, 6.07) is 6.92. The fraction of sp³-hybridized carbons (Fsp3) is 0.625. The molecule has 1 aliphatic carbocycles. The van der Waals surface area contributed by atoms with Crippen molar-refractivity contribution in [2.24, 2.45) is 5.84 Å². The molecule has 0 spiro atoms. The van der Waals surface area contributed by atoms with E-state index in [-0.39, 0.29) is 17.4 Å². The predicted octanol–water partition coefficient (Wildman–Crippen LogP) is 2.74. The van der Waals surface area contributed by atoms with Gasteiger partial charge in [0, 0.05) is 11.1 Å². The smallest absolute Gasteiger partial charge is 0.128 e. The molecule has 1 aliphatic heterocycles. The molecule has 0 radical (unpaired) electrons. The van der Waals surface area contributed by atoms with Gasteiger partial charge in [0.05, 0.1) is 6.04 Å². The van der Waals surface area contributed by atoms with Gasteiger partial charge in [-0.3, -0.25) is 16.2 Å². The Morgan fingerprint density at radius 3 is 2.35 bits per heavy atom. The Labute approximate surface area is 120 Å². The predicted molar refractivity (Wildman–Crippen MR) is 78.5 cm³/mol. The number of halogens is 1. The maximum absolute atomic E-state index is 14.2. The second-order valence-corrected chi connectivity index (χ2v) is 6.13. The molecule has 1 atom stereocenters. The van der Waals surface area contributed by atoms with Gasteiger partial charge in [0.1, 0.15) is 5.82 Å². The summed E-state index contributed by atoms with van der Waals surface area (Å²) in [7, 11) is 0. The monoisotopic (exact) mass is 277 g/mol. The van der Waals surface area contributed by atoms with Crippen LogP contribution in [0.3, 0.4) is 0 Å². The van der Waals surface area contributed by atoms with Crippen LogP contribution in [0.4, 0.5) is 4.39 Å². The average Bonchev–Trinajstić information content (AvgIpc) is 3.12. The van der Waals surface area contributed by atoms with Crippen LogP contribution >= 0.6 is 0 Å². The molecule has 4 heteroatoms. The summed E-state index contributed by atoms with van der Waals surface area (Å²) in [5.41, 5.74) is 3.64. The number of nitrogens with zero attached hydrogens (tertiary/aromatic N) is 1. The van der Waals surface area contributed by atoms with Gasteiger partial charge in [-0.2, -0.15) is 0 Å². The van der Waals surface area contributed by atoms with Gasteiger partial charge in [0.2, 0.25) is 0 Å². The van der Waals surface area contributed by atoms with E-state index in [0.29, 0.717) is 5.56 Å². The second kappa shape index (κ2) is 5.80. The summed E-state index contributed by atoms with van der Waals surface area (Å²) < 4.78 is 14.2. The number of hydrazine groups is 1. The summed E-state index contributed by atoms with van der Waals surface area (Å²) >= 11 is 0. The van der Waals surface area contributed by atoms with Crippen LogP contribution in [0.2, 0.25) is 0 Å². The highest BCUT2D eigenvalue weighted by atomic mass is 19.1. The minimum Gasteiger partial charge on any atom is -0.296 e. The number of likely N-dealkylation sites (tertiary alicyclic amines) is 1. The molecule has 0 amide bonds. The van der Waals surface area contributed by atoms with Gasteiger partial charge in [-0.1, -0.05) is 31.0 Å². The van der Waals surface area contributed by atoms with Crippen molar-refractivity contribution in [2.45, 2.75) is 50.1 Å². The van der Waals surface area contributed by atoms with E-state index in [1.165, 1.54) is 31.7 Å². The Morgan fingerprint density at radius 2 is 1.75 bits per heavy atom. The van der Waals surface area contributed by atoms with Crippen LogP contribution in [-0.2, 0) is 0 Å². The van der Waals surface area contributed by atoms with Gasteiger partial charge < -0.3 is 0 Å². The zero-order valence-corrected chi connectivity index (χ0v) is 11.9. The first-order valence-electron chi connectivity index (χ1n) is 7.73. The normalized spacial score (nSPS) is 24.1. The van der Waals surface area contributed by atoms with Gasteiger partial charge in [-0.25, -0.2) is 4.39 Å². The summed E-state index contributed by atoms with van der Waals surface area (Å²) in [6.45, 7) is 2.24. The van der Waals surface area contributed by atoms with Crippen molar-refractivity contribution < 1.29 is 4.39 Å². The molecule has 1 aromatic rings. The van der Waals surface area contributed by atoms with E-state index in [0.717, 1.165) is 25.9 Å². The van der Waals surface area contributed by atoms with Crippen molar-refractivity contribution in [1.82, 2.24) is 10.3 Å². The largest absolute Gasteiger partial charge is 0.296 e. The lowest BCUT2D eigenvalue weighted by Gasteiger charge is -2.45. The number of nitrogens with one attached hydrogen (secondary N) is 1. The molecule has 1 heterocycles. The van der Waals surface area contributed by atoms with Crippen molar-refractivity contribution in [1.29, 1.82) is 0 Å². The van der Waals surface area contributed by atoms with Crippen molar-refractivity contribution in [3.63, 3.8) is 0 Å². The van der Waals surface area contributed by atoms with Crippen molar-refractivity contribution in [3.8, 4) is 0 Å². The maximum atomic E-state index is 14.2. The van der Waals surface area contributed by atoms with Gasteiger partial charge >= 0.3 is 0 Å². The van der Waals surface area contributed by atoms with E-state index in [9.17, 15) is 4.39 Å². The molecule has 3 nitrogen and oxygen atoms in total. The molecule has 3 rings (SSSR count). The highest BCUT2D eigenvalue weighted by Gasteiger charge is 2.47. The molecule has 2 fully saturated rings. The molecular formula is C16H24FN3. The van der Waals surface area contributed by atoms with Gasteiger partial charge in [0.15, 0.2) is 0 Å². The Kier molecular flexibility index (Phi) is 4.06. The highest BCUT2D eigenvalue weighted by molar-refractivity contribution is 5.26. The highest BCUT2D eigenvalue weighted by Crippen LogP contribution is 2.46. The molecule has 1 saturated carbocycles. The summed E-state index contributed by atoms with van der Waals surface area (Å²) in [6.07, 6.45) is 7.13. The van der Waals surface area contributed by atoms with Crippen LogP contribution in [-0.4, -0.2) is 23.5 Å². The third kappa shape index (κ3) is 2.26. The lowest BCUT2D eigenvalue weighted by molar-refractivity contribution is 0.0749. The molecular weight excluding hydrogens is 253 g/mol. The fourth-order valence-corrected chi connectivity index (χ4v) is 4.18. The quantitative estimate of drug-likeness (QED) is 0.657. The number of hydrogen-bond donors (Lipinski definition) is 2. The number of rotatable bonds is 4. The van der Waals surface area contributed by atoms with E-state index in [1.807, 2.05) is 12.1 Å². The number of hydrogen-bond acceptors (Lipinski definition) is 3. The van der Waals surface area contributed by atoms with Crippen LogP contribution in [0.5, 0.6) is 0 Å². The van der Waals surface area contributed by atoms with Gasteiger partial charge in [-0.05, 0) is 44.8 Å². The molecule has 0 aromatic heterocycles. The Hall–Kier alpha value is -0.970. The Morgan fingerprint density at radius 1 is 1.10 bits per heavy atom. The molecule has 2 aliphatic rings. The van der Waals surface area contributed by atoms with Crippen molar-refractivity contribution >= 4 is 0 Å². The van der Waals surface area contributed by atoms with Gasteiger partial charge in [0.25, 0.3) is 0 Å². The summed E-state index contributed by atoms with van der Waals surface area (Å²) in [5.74, 6) is 5.71. The molecule has 1 aromatic carbocycles. The van der Waals surface area contributed by atoms with E-state index in [4.69, 9.17) is 5.84 Å². The molecule has 3 N–H and O–H groups in total. The summed E-state index contributed by atoms with van der Waals surface area (Å²) in [4.78, 5) is 2.55. The zero-order chi connectivity index (χ0) is 14.0. The maximum Gasteiger partial charge on any atom is 0.128 e. The minimum absolute atomic E-state index is 0.00650. The minimum atomic E-state index is -0.152. The standard InChI is InChI=1S/C16H24FN3/c17-14-8-2-1-7-13(14)15(19-18)16(9-3-4-10-16)20-11-5-6-12-20/h1-2,7-8,15,19H,3-6,9-12,18H2. The third-order valence-electron chi connectivity index (χ3n) is 5.13. The van der Waals surface area contributed by atoms with E-state index < -0.39 is 0 Å². The molecule has 20 heavy (non-hydrogen) atoms. The summed E-state index contributed by atoms with van der Waals surface area (Å²) in [5, 5.41) is 0. The molecule has 1 unspecified atom stereocenters. The molecule has 1 saturated heterocycles. The lowest BCUT2D eigenvalue weighted by atomic mass is 9.82. The van der Waals surface area contributed by atoms with Crippen molar-refractivity contribution in [2.75, 3.05) is 13.1 Å². The SMILES string of the molecule is NNC(c1ccccc1F)C1(N2CCCC2)CCCC1. The topological polar surface area (TPSA) is 41.3 Å². The number of benzene rings is 1. The van der Waals surface area contributed by atoms with E-state index >= 15 is 0 Å². The van der Waals surface area contributed by atoms with Crippen LogP contribution in [0.25, 0.3) is 0 Å². The first kappa shape index (κ1) is 14.0. The Balaban J connectivity index is 1.98. The molecule has 0 bridgehead atoms. The van der Waals surface area contributed by atoms with Crippen LogP contribution < -0.4 is 11.3 Å². The van der Waals surface area contributed by atoms with Gasteiger partial charge in [-0.15, -0.1) is 0 Å². The Bertz CT molecular complexity index is 451. The van der Waals surface area contributed by atoms with E-state index in [2.05, 4.69) is 10.3 Å². The first-order valence-corrected chi connectivity index (χ1v) is 7.73. The fourth-order valence-electron chi connectivity index (χ4n) is 4.18. The third-order valence-corrected chi connectivity index (χ3v) is 5.13. The molecule has 110 valence electrons. The lowest BCUT2D eigenvalue weighted by Crippen LogP contribution is -2.55. The van der Waals surface area contributed by atoms with E-state index in [1.54, 1.807) is 6.07 Å². The van der Waals surface area contributed by atoms with Crippen molar-refractivity contribution in [3.05, 3.63) is 35.6 Å². The van der Waals surface area contributed by atoms with Crippen LogP contribution in [0.15, 0.2) is 24.3 Å². The van der Waals surface area contributed by atoms with Crippen LogP contribution in [0.1, 0.15) is 50.1 Å². The first-order chi connectivity index (χ1) is 9.78. The average molecular weight is 277 g/mol. The number of nitrogens with two attached hydrogens (primary N) is 1.